The van der Waals surface area contributed by atoms with Gasteiger partial charge in [-0.15, -0.1) is 0 Å². The maximum atomic E-state index is 13.8. The number of aliphatic hydroxyl groups is 1. The maximum Gasteiger partial charge on any atom is 0.356 e. The summed E-state index contributed by atoms with van der Waals surface area (Å²) in [6.45, 7) is 6.93. The smallest absolute Gasteiger partial charge is 0.356 e. The second-order valence-electron chi connectivity index (χ2n) is 10.7. The summed E-state index contributed by atoms with van der Waals surface area (Å²) in [5.41, 5.74) is -1.84. The highest BCUT2D eigenvalue weighted by atomic mass is 31.2. The normalized spacial score (nSPS) is 38.5. The molecule has 4 rings (SSSR count). The fourth-order valence-electron chi connectivity index (χ4n) is 7.53. The van der Waals surface area contributed by atoms with Crippen molar-refractivity contribution >= 4 is 24.9 Å². The molecule has 0 bridgehead atoms. The van der Waals surface area contributed by atoms with Gasteiger partial charge in [0.2, 0.25) is 0 Å². The first-order chi connectivity index (χ1) is 16.5. The predicted octanol–water partition coefficient (Wildman–Crippen LogP) is 4.01. The molecular weight excluding hydrogens is 471 g/mol. The van der Waals surface area contributed by atoms with Crippen molar-refractivity contribution in [3.8, 4) is 0 Å². The predicted molar refractivity (Wildman–Crippen MR) is 129 cm³/mol. The van der Waals surface area contributed by atoms with Crippen LogP contribution in [-0.4, -0.2) is 54.2 Å². The standard InChI is InChI=1S/C26H37O8P/c1-5-33-35(31,34-6-2)16-32-26(22(30)15-27)12-10-20-19-8-7-17-13-18(28)9-11-24(17,3)23(19)21(29)14-25(20,26)4/h7,9,11,19-20,23,27H,5-6,8,10,12-16H2,1-4H3/t19-,20-,23+,24-,25-,26-/m0/s1. The Morgan fingerprint density at radius 1 is 1.20 bits per heavy atom. The molecule has 0 radical (unpaired) electrons. The molecule has 2 saturated carbocycles. The molecule has 0 spiro atoms. The van der Waals surface area contributed by atoms with Crippen LogP contribution in [0, 0.1) is 28.6 Å². The summed E-state index contributed by atoms with van der Waals surface area (Å²) in [4.78, 5) is 39.2. The molecule has 4 aliphatic rings. The molecule has 0 heterocycles. The number of rotatable bonds is 9. The Kier molecular flexibility index (Phi) is 7.19. The minimum Gasteiger partial charge on any atom is -0.388 e. The van der Waals surface area contributed by atoms with E-state index in [4.69, 9.17) is 13.8 Å². The molecule has 9 heteroatoms. The largest absolute Gasteiger partial charge is 0.388 e. The number of fused-ring (bicyclic) bond motifs is 5. The zero-order valence-corrected chi connectivity index (χ0v) is 22.0. The van der Waals surface area contributed by atoms with Gasteiger partial charge in [0, 0.05) is 29.6 Å². The van der Waals surface area contributed by atoms with Gasteiger partial charge in [0.15, 0.2) is 11.6 Å². The number of ketones is 3. The fraction of sp³-hybridized carbons (Fsp3) is 0.731. The van der Waals surface area contributed by atoms with E-state index in [0.717, 1.165) is 5.57 Å². The van der Waals surface area contributed by atoms with Crippen molar-refractivity contribution in [2.75, 3.05) is 26.2 Å². The third-order valence-electron chi connectivity index (χ3n) is 9.05. The van der Waals surface area contributed by atoms with Crippen molar-refractivity contribution in [2.45, 2.75) is 65.4 Å². The Balaban J connectivity index is 1.70. The first kappa shape index (κ1) is 26.6. The Morgan fingerprint density at radius 2 is 1.89 bits per heavy atom. The van der Waals surface area contributed by atoms with Gasteiger partial charge in [-0.2, -0.15) is 0 Å². The first-order valence-electron chi connectivity index (χ1n) is 12.6. The summed E-state index contributed by atoms with van der Waals surface area (Å²) in [6.07, 6.45) is 7.25. The van der Waals surface area contributed by atoms with Crippen LogP contribution in [-0.2, 0) is 32.7 Å². The van der Waals surface area contributed by atoms with Gasteiger partial charge < -0.3 is 18.9 Å². The van der Waals surface area contributed by atoms with Crippen LogP contribution in [0.4, 0.5) is 0 Å². The maximum absolute atomic E-state index is 13.8. The van der Waals surface area contributed by atoms with E-state index in [1.807, 2.05) is 19.9 Å². The summed E-state index contributed by atoms with van der Waals surface area (Å²) in [6, 6.07) is 0. The van der Waals surface area contributed by atoms with Crippen LogP contribution in [0.25, 0.3) is 0 Å². The Bertz CT molecular complexity index is 1010. The summed E-state index contributed by atoms with van der Waals surface area (Å²) in [5, 5.41) is 9.92. The minimum absolute atomic E-state index is 0.0140. The summed E-state index contributed by atoms with van der Waals surface area (Å²) < 4.78 is 30.1. The van der Waals surface area contributed by atoms with Crippen molar-refractivity contribution in [1.29, 1.82) is 0 Å². The van der Waals surface area contributed by atoms with Crippen molar-refractivity contribution in [1.82, 2.24) is 0 Å². The second kappa shape index (κ2) is 9.46. The number of Topliss-reactive ketones (excluding diaryl/α,β-unsaturated/α-hetero) is 2. The van der Waals surface area contributed by atoms with Gasteiger partial charge in [-0.1, -0.05) is 31.6 Å². The van der Waals surface area contributed by atoms with E-state index in [-0.39, 0.29) is 49.0 Å². The SMILES string of the molecule is CCOP(=O)(CO[C@]1(C(=O)CO)CC[C@H]2[C@@H]3CC=C4CC(=O)C=C[C@]4(C)[C@H]3C(=O)C[C@@]21C)OCC. The van der Waals surface area contributed by atoms with Gasteiger partial charge in [-0.25, -0.2) is 0 Å². The van der Waals surface area contributed by atoms with Gasteiger partial charge in [0.25, 0.3) is 0 Å². The molecule has 0 aliphatic heterocycles. The zero-order chi connectivity index (χ0) is 25.6. The van der Waals surface area contributed by atoms with Crippen molar-refractivity contribution in [2.24, 2.45) is 28.6 Å². The second-order valence-corrected chi connectivity index (χ2v) is 12.7. The molecule has 6 atom stereocenters. The average molecular weight is 509 g/mol. The number of carbonyl (C=O) groups is 3. The van der Waals surface area contributed by atoms with E-state index in [0.29, 0.717) is 25.7 Å². The fourth-order valence-corrected chi connectivity index (χ4v) is 8.92. The summed E-state index contributed by atoms with van der Waals surface area (Å²) >= 11 is 0. The highest BCUT2D eigenvalue weighted by molar-refractivity contribution is 7.53. The Hall–Kier alpha value is -1.44. The Labute approximate surface area is 207 Å². The molecule has 0 saturated heterocycles. The van der Waals surface area contributed by atoms with Crippen LogP contribution in [0.15, 0.2) is 23.8 Å². The van der Waals surface area contributed by atoms with Crippen LogP contribution >= 0.6 is 7.60 Å². The number of hydrogen-bond acceptors (Lipinski definition) is 8. The van der Waals surface area contributed by atoms with Gasteiger partial charge in [-0.05, 0) is 51.0 Å². The van der Waals surface area contributed by atoms with E-state index in [1.54, 1.807) is 19.9 Å². The number of allylic oxidation sites excluding steroid dienone is 4. The van der Waals surface area contributed by atoms with Crippen LogP contribution in [0.3, 0.4) is 0 Å². The van der Waals surface area contributed by atoms with Crippen LogP contribution < -0.4 is 0 Å². The molecule has 0 amide bonds. The highest BCUT2D eigenvalue weighted by Crippen LogP contribution is 2.67. The molecule has 8 nitrogen and oxygen atoms in total. The van der Waals surface area contributed by atoms with E-state index < -0.39 is 42.8 Å². The first-order valence-corrected chi connectivity index (χ1v) is 14.3. The third kappa shape index (κ3) is 4.06. The molecule has 35 heavy (non-hydrogen) atoms. The summed E-state index contributed by atoms with van der Waals surface area (Å²) in [5.74, 6) is -0.720. The monoisotopic (exact) mass is 508 g/mol. The van der Waals surface area contributed by atoms with E-state index >= 15 is 0 Å². The number of hydrogen-bond donors (Lipinski definition) is 1. The van der Waals surface area contributed by atoms with Gasteiger partial charge in [0.05, 0.1) is 13.2 Å². The number of carbonyl (C=O) groups excluding carboxylic acids is 3. The number of ether oxygens (including phenoxy) is 1. The molecule has 4 aliphatic carbocycles. The lowest BCUT2D eigenvalue weighted by atomic mass is 9.47. The van der Waals surface area contributed by atoms with Gasteiger partial charge in [-0.3, -0.25) is 18.9 Å². The Morgan fingerprint density at radius 3 is 2.51 bits per heavy atom. The van der Waals surface area contributed by atoms with Crippen molar-refractivity contribution < 1.29 is 37.8 Å². The quantitative estimate of drug-likeness (QED) is 0.367. The molecular formula is C26H37O8P. The van der Waals surface area contributed by atoms with Crippen LogP contribution in [0.1, 0.15) is 59.8 Å². The van der Waals surface area contributed by atoms with E-state index in [9.17, 15) is 24.1 Å². The van der Waals surface area contributed by atoms with Gasteiger partial charge >= 0.3 is 7.60 Å². The molecule has 2 fully saturated rings. The number of aliphatic hydroxyl groups excluding tert-OH is 1. The molecule has 0 aromatic rings. The van der Waals surface area contributed by atoms with Crippen molar-refractivity contribution in [3.63, 3.8) is 0 Å². The lowest BCUT2D eigenvalue weighted by Gasteiger charge is -2.56. The molecule has 0 aromatic carbocycles. The van der Waals surface area contributed by atoms with E-state index in [1.165, 1.54) is 0 Å². The topological polar surface area (TPSA) is 116 Å². The van der Waals surface area contributed by atoms with Crippen molar-refractivity contribution in [3.05, 3.63) is 23.8 Å². The lowest BCUT2D eigenvalue weighted by Crippen LogP contribution is -2.61. The lowest BCUT2D eigenvalue weighted by molar-refractivity contribution is -0.176. The van der Waals surface area contributed by atoms with Crippen LogP contribution in [0.5, 0.6) is 0 Å². The van der Waals surface area contributed by atoms with Crippen LogP contribution in [0.2, 0.25) is 0 Å². The minimum atomic E-state index is -3.61. The molecule has 0 aromatic heterocycles. The van der Waals surface area contributed by atoms with E-state index in [2.05, 4.69) is 6.08 Å². The molecule has 0 unspecified atom stereocenters. The highest BCUT2D eigenvalue weighted by Gasteiger charge is 2.69. The summed E-state index contributed by atoms with van der Waals surface area (Å²) in [7, 11) is -3.61. The molecule has 1 N–H and O–H groups in total. The average Bonchev–Trinajstić information content (AvgIpc) is 3.10. The zero-order valence-electron chi connectivity index (χ0n) is 21.1. The van der Waals surface area contributed by atoms with Gasteiger partial charge in [0.1, 0.15) is 24.3 Å². The third-order valence-corrected chi connectivity index (χ3v) is 10.8. The molecule has 194 valence electrons.